The zero-order valence-corrected chi connectivity index (χ0v) is 23.0. The number of halogens is 1. The Kier molecular flexibility index (Phi) is 10.9. The molecular weight excluding hydrogens is 537 g/mol. The molecule has 2 fully saturated rings. The first-order valence-electron chi connectivity index (χ1n) is 12.5. The number of piperazine rings is 2. The van der Waals surface area contributed by atoms with Gasteiger partial charge in [-0.3, -0.25) is 4.90 Å². The van der Waals surface area contributed by atoms with Crippen LogP contribution in [0, 0.1) is 0 Å². The largest absolute Gasteiger partial charge is 0.357 e. The standard InChI is InChI=1S/C26H39N7.HI/c1-3-27-26(33-18-14-31(15-19-33)22-23-8-6-5-7-9-23)29-21-24-10-11-25(28-20-24)32-16-12-30(4-2)13-17-32;/h5-11,20H,3-4,12-19,21-22H2,1-2H3,(H,27,29);1H. The van der Waals surface area contributed by atoms with Crippen molar-refractivity contribution in [3.63, 3.8) is 0 Å². The van der Waals surface area contributed by atoms with E-state index in [-0.39, 0.29) is 24.0 Å². The third-order valence-electron chi connectivity index (χ3n) is 6.62. The molecule has 1 aromatic heterocycles. The summed E-state index contributed by atoms with van der Waals surface area (Å²) in [5.41, 5.74) is 2.54. The van der Waals surface area contributed by atoms with Crippen molar-refractivity contribution in [2.24, 2.45) is 4.99 Å². The smallest absolute Gasteiger partial charge is 0.194 e. The van der Waals surface area contributed by atoms with E-state index in [0.717, 1.165) is 89.3 Å². The van der Waals surface area contributed by atoms with Crippen LogP contribution in [-0.4, -0.2) is 91.1 Å². The topological polar surface area (TPSA) is 50.2 Å². The van der Waals surface area contributed by atoms with Crippen molar-refractivity contribution in [3.05, 3.63) is 59.8 Å². The minimum Gasteiger partial charge on any atom is -0.357 e. The first-order valence-corrected chi connectivity index (χ1v) is 12.5. The van der Waals surface area contributed by atoms with E-state index in [9.17, 15) is 0 Å². The zero-order chi connectivity index (χ0) is 22.9. The van der Waals surface area contributed by atoms with Gasteiger partial charge in [0, 0.05) is 71.6 Å². The minimum absolute atomic E-state index is 0. The van der Waals surface area contributed by atoms with Crippen LogP contribution in [0.2, 0.25) is 0 Å². The van der Waals surface area contributed by atoms with Crippen LogP contribution in [0.1, 0.15) is 25.0 Å². The molecule has 8 heteroatoms. The zero-order valence-electron chi connectivity index (χ0n) is 20.7. The molecule has 2 aliphatic rings. The number of hydrogen-bond acceptors (Lipinski definition) is 5. The Morgan fingerprint density at radius 2 is 1.56 bits per heavy atom. The maximum absolute atomic E-state index is 4.93. The highest BCUT2D eigenvalue weighted by atomic mass is 127. The molecule has 1 N–H and O–H groups in total. The lowest BCUT2D eigenvalue weighted by Crippen LogP contribution is -2.52. The van der Waals surface area contributed by atoms with Crippen LogP contribution in [0.4, 0.5) is 5.82 Å². The molecule has 7 nitrogen and oxygen atoms in total. The number of nitrogens with zero attached hydrogens (tertiary/aromatic N) is 6. The van der Waals surface area contributed by atoms with E-state index in [1.807, 2.05) is 6.20 Å². The Morgan fingerprint density at radius 3 is 2.18 bits per heavy atom. The molecule has 0 atom stereocenters. The number of guanidine groups is 1. The SMILES string of the molecule is CCNC(=NCc1ccc(N2CCN(CC)CC2)nc1)N1CCN(Cc2ccccc2)CC1.I. The molecular formula is C26H40IN7. The van der Waals surface area contributed by atoms with Crippen molar-refractivity contribution in [2.45, 2.75) is 26.9 Å². The maximum Gasteiger partial charge on any atom is 0.194 e. The predicted molar refractivity (Wildman–Crippen MR) is 152 cm³/mol. The summed E-state index contributed by atoms with van der Waals surface area (Å²) < 4.78 is 0. The molecule has 0 aliphatic carbocycles. The van der Waals surface area contributed by atoms with Crippen LogP contribution in [0.25, 0.3) is 0 Å². The Balaban J connectivity index is 0.00000324. The summed E-state index contributed by atoms with van der Waals surface area (Å²) >= 11 is 0. The second-order valence-electron chi connectivity index (χ2n) is 8.86. The number of aliphatic imine (C=N–C) groups is 1. The average Bonchev–Trinajstić information content (AvgIpc) is 2.88. The molecule has 186 valence electrons. The fourth-order valence-electron chi connectivity index (χ4n) is 4.54. The molecule has 2 saturated heterocycles. The van der Waals surface area contributed by atoms with Crippen molar-refractivity contribution in [2.75, 3.05) is 70.3 Å². The van der Waals surface area contributed by atoms with Gasteiger partial charge in [0.25, 0.3) is 0 Å². The molecule has 2 aromatic rings. The van der Waals surface area contributed by atoms with Gasteiger partial charge in [-0.2, -0.15) is 0 Å². The molecule has 0 unspecified atom stereocenters. The first-order chi connectivity index (χ1) is 16.2. The minimum atomic E-state index is 0. The second-order valence-corrected chi connectivity index (χ2v) is 8.86. The molecule has 3 heterocycles. The number of hydrogen-bond donors (Lipinski definition) is 1. The lowest BCUT2D eigenvalue weighted by molar-refractivity contribution is 0.172. The van der Waals surface area contributed by atoms with E-state index in [4.69, 9.17) is 9.98 Å². The van der Waals surface area contributed by atoms with Crippen molar-refractivity contribution in [1.82, 2.24) is 25.0 Å². The molecule has 0 amide bonds. The first kappa shape index (κ1) is 26.7. The molecule has 0 radical (unpaired) electrons. The highest BCUT2D eigenvalue weighted by Gasteiger charge is 2.20. The van der Waals surface area contributed by atoms with E-state index < -0.39 is 0 Å². The van der Waals surface area contributed by atoms with Gasteiger partial charge in [-0.1, -0.05) is 43.3 Å². The monoisotopic (exact) mass is 577 g/mol. The van der Waals surface area contributed by atoms with E-state index >= 15 is 0 Å². The predicted octanol–water partition coefficient (Wildman–Crippen LogP) is 3.12. The van der Waals surface area contributed by atoms with Crippen LogP contribution in [-0.2, 0) is 13.1 Å². The Labute approximate surface area is 222 Å². The molecule has 34 heavy (non-hydrogen) atoms. The van der Waals surface area contributed by atoms with Gasteiger partial charge in [-0.05, 0) is 30.7 Å². The van der Waals surface area contributed by atoms with Gasteiger partial charge in [-0.25, -0.2) is 9.98 Å². The number of aromatic nitrogens is 1. The van der Waals surface area contributed by atoms with E-state index in [0.29, 0.717) is 6.54 Å². The van der Waals surface area contributed by atoms with Gasteiger partial charge in [0.05, 0.1) is 6.54 Å². The maximum atomic E-state index is 4.93. The van der Waals surface area contributed by atoms with Crippen molar-refractivity contribution in [1.29, 1.82) is 0 Å². The van der Waals surface area contributed by atoms with Gasteiger partial charge in [0.15, 0.2) is 5.96 Å². The lowest BCUT2D eigenvalue weighted by Gasteiger charge is -2.36. The van der Waals surface area contributed by atoms with E-state index in [1.54, 1.807) is 0 Å². The molecule has 1 aromatic carbocycles. The summed E-state index contributed by atoms with van der Waals surface area (Å²) in [4.78, 5) is 19.5. The fraction of sp³-hybridized carbons (Fsp3) is 0.538. The molecule has 0 bridgehead atoms. The Morgan fingerprint density at radius 1 is 0.853 bits per heavy atom. The van der Waals surface area contributed by atoms with Gasteiger partial charge in [-0.15, -0.1) is 24.0 Å². The molecule has 0 saturated carbocycles. The van der Waals surface area contributed by atoms with Crippen molar-refractivity contribution < 1.29 is 0 Å². The van der Waals surface area contributed by atoms with Crippen LogP contribution in [0.3, 0.4) is 0 Å². The molecule has 4 rings (SSSR count). The summed E-state index contributed by atoms with van der Waals surface area (Å²) in [6, 6.07) is 15.1. The Hall–Kier alpha value is -1.91. The van der Waals surface area contributed by atoms with Gasteiger partial charge in [0.1, 0.15) is 5.82 Å². The number of benzene rings is 1. The normalized spacial score (nSPS) is 18.0. The van der Waals surface area contributed by atoms with Gasteiger partial charge < -0.3 is 20.0 Å². The Bertz CT molecular complexity index is 858. The third-order valence-corrected chi connectivity index (χ3v) is 6.62. The van der Waals surface area contributed by atoms with Crippen LogP contribution >= 0.6 is 24.0 Å². The van der Waals surface area contributed by atoms with Crippen LogP contribution in [0.5, 0.6) is 0 Å². The van der Waals surface area contributed by atoms with E-state index in [1.165, 1.54) is 5.56 Å². The third kappa shape index (κ3) is 7.55. The number of rotatable bonds is 7. The average molecular weight is 578 g/mol. The summed E-state index contributed by atoms with van der Waals surface area (Å²) in [6.07, 6.45) is 1.99. The highest BCUT2D eigenvalue weighted by molar-refractivity contribution is 14.0. The highest BCUT2D eigenvalue weighted by Crippen LogP contribution is 2.15. The van der Waals surface area contributed by atoms with Crippen molar-refractivity contribution in [3.8, 4) is 0 Å². The molecule has 0 spiro atoms. The van der Waals surface area contributed by atoms with Gasteiger partial charge in [0.2, 0.25) is 0 Å². The summed E-state index contributed by atoms with van der Waals surface area (Å²) in [5, 5.41) is 3.48. The van der Waals surface area contributed by atoms with Crippen LogP contribution in [0.15, 0.2) is 53.7 Å². The van der Waals surface area contributed by atoms with E-state index in [2.05, 4.69) is 81.2 Å². The summed E-state index contributed by atoms with van der Waals surface area (Å²) in [5.74, 6) is 2.09. The number of pyridine rings is 1. The number of likely N-dealkylation sites (N-methyl/N-ethyl adjacent to an activating group) is 1. The number of anilines is 1. The number of nitrogens with one attached hydrogen (secondary N) is 1. The summed E-state index contributed by atoms with van der Waals surface area (Å²) in [7, 11) is 0. The second kappa shape index (κ2) is 13.8. The fourth-order valence-corrected chi connectivity index (χ4v) is 4.54. The lowest BCUT2D eigenvalue weighted by atomic mass is 10.2. The molecule has 2 aliphatic heterocycles. The quantitative estimate of drug-likeness (QED) is 0.310. The van der Waals surface area contributed by atoms with Crippen molar-refractivity contribution >= 4 is 35.8 Å². The summed E-state index contributed by atoms with van der Waals surface area (Å²) in [6.45, 7) is 16.5. The van der Waals surface area contributed by atoms with Crippen LogP contribution < -0.4 is 10.2 Å². The van der Waals surface area contributed by atoms with Gasteiger partial charge >= 0.3 is 0 Å².